The summed E-state index contributed by atoms with van der Waals surface area (Å²) in [4.78, 5) is 13.9. The number of likely N-dealkylation sites (tertiary alicyclic amines) is 1. The van der Waals surface area contributed by atoms with Crippen molar-refractivity contribution in [1.82, 2.24) is 5.32 Å². The molecule has 0 bridgehead atoms. The van der Waals surface area contributed by atoms with Crippen LogP contribution in [0.25, 0.3) is 0 Å². The van der Waals surface area contributed by atoms with Crippen molar-refractivity contribution in [3.05, 3.63) is 71.8 Å². The second-order valence-corrected chi connectivity index (χ2v) is 7.54. The van der Waals surface area contributed by atoms with E-state index in [9.17, 15) is 4.79 Å². The molecule has 138 valence electrons. The van der Waals surface area contributed by atoms with E-state index in [1.807, 2.05) is 18.2 Å². The Morgan fingerprint density at radius 3 is 2.19 bits per heavy atom. The largest absolute Gasteiger partial charge is 0.351 e. The van der Waals surface area contributed by atoms with Gasteiger partial charge in [-0.05, 0) is 49.7 Å². The predicted octanol–water partition coefficient (Wildman–Crippen LogP) is 2.27. The number of benzene rings is 2. The Hall–Kier alpha value is -2.13. The van der Waals surface area contributed by atoms with E-state index in [4.69, 9.17) is 0 Å². The lowest BCUT2D eigenvalue weighted by Gasteiger charge is -2.32. The number of nitrogens with one attached hydrogen (secondary N) is 2. The summed E-state index contributed by atoms with van der Waals surface area (Å²) in [5.41, 5.74) is 2.71. The number of piperidine rings is 1. The van der Waals surface area contributed by atoms with Gasteiger partial charge in [-0.2, -0.15) is 0 Å². The van der Waals surface area contributed by atoms with Gasteiger partial charge < -0.3 is 10.2 Å². The predicted molar refractivity (Wildman–Crippen MR) is 106 cm³/mol. The van der Waals surface area contributed by atoms with Crippen LogP contribution < -0.4 is 10.2 Å². The second kappa shape index (κ2) is 9.54. The maximum atomic E-state index is 12.5. The summed E-state index contributed by atoms with van der Waals surface area (Å²) in [5.74, 6) is 0.951. The molecule has 0 aromatic heterocycles. The molecule has 0 spiro atoms. The molecule has 1 aliphatic heterocycles. The van der Waals surface area contributed by atoms with Crippen molar-refractivity contribution >= 4 is 5.91 Å². The summed E-state index contributed by atoms with van der Waals surface area (Å²) in [5, 5.41) is 3.12. The highest BCUT2D eigenvalue weighted by molar-refractivity contribution is 5.79. The molecule has 1 amide bonds. The molecular weight excluding hydrogens is 320 g/mol. The van der Waals surface area contributed by atoms with Crippen LogP contribution in [-0.2, 0) is 17.6 Å². The number of hydrogen-bond acceptors (Lipinski definition) is 1. The minimum Gasteiger partial charge on any atom is -0.351 e. The normalized spacial score (nSPS) is 21.1. The summed E-state index contributed by atoms with van der Waals surface area (Å²) < 4.78 is 0. The SMILES string of the molecule is C[C@H](C(=O)NCCc1ccccc1)[NH+]1CCC(Cc2ccccc2)CC1. The maximum Gasteiger partial charge on any atom is 0.278 e. The van der Waals surface area contributed by atoms with E-state index in [1.165, 1.54) is 35.3 Å². The van der Waals surface area contributed by atoms with Gasteiger partial charge in [0.25, 0.3) is 5.91 Å². The minimum atomic E-state index is 0.0449. The highest BCUT2D eigenvalue weighted by Crippen LogP contribution is 2.16. The summed E-state index contributed by atoms with van der Waals surface area (Å²) >= 11 is 0. The zero-order valence-electron chi connectivity index (χ0n) is 15.8. The quantitative estimate of drug-likeness (QED) is 0.788. The lowest BCUT2D eigenvalue weighted by molar-refractivity contribution is -0.920. The first-order chi connectivity index (χ1) is 12.7. The lowest BCUT2D eigenvalue weighted by Crippen LogP contribution is -3.17. The number of amides is 1. The van der Waals surface area contributed by atoms with Crippen molar-refractivity contribution < 1.29 is 9.69 Å². The molecule has 2 aromatic carbocycles. The average molecular weight is 352 g/mol. The highest BCUT2D eigenvalue weighted by atomic mass is 16.2. The molecule has 2 N–H and O–H groups in total. The van der Waals surface area contributed by atoms with Crippen LogP contribution in [0.2, 0.25) is 0 Å². The van der Waals surface area contributed by atoms with Gasteiger partial charge in [-0.1, -0.05) is 60.7 Å². The van der Waals surface area contributed by atoms with Gasteiger partial charge in [0.2, 0.25) is 0 Å². The molecule has 1 fully saturated rings. The number of carbonyl (C=O) groups excluding carboxylic acids is 1. The van der Waals surface area contributed by atoms with Gasteiger partial charge in [-0.15, -0.1) is 0 Å². The van der Waals surface area contributed by atoms with Gasteiger partial charge in [-0.3, -0.25) is 4.79 Å². The molecule has 3 nitrogen and oxygen atoms in total. The van der Waals surface area contributed by atoms with Crippen LogP contribution in [0.3, 0.4) is 0 Å². The van der Waals surface area contributed by atoms with Crippen LogP contribution in [0, 0.1) is 5.92 Å². The van der Waals surface area contributed by atoms with E-state index in [2.05, 4.69) is 54.7 Å². The average Bonchev–Trinajstić information content (AvgIpc) is 2.69. The summed E-state index contributed by atoms with van der Waals surface area (Å²) in [7, 11) is 0. The summed E-state index contributed by atoms with van der Waals surface area (Å²) in [6.07, 6.45) is 4.50. The van der Waals surface area contributed by atoms with Crippen LogP contribution in [-0.4, -0.2) is 31.6 Å². The van der Waals surface area contributed by atoms with E-state index in [0.717, 1.165) is 32.0 Å². The minimum absolute atomic E-state index is 0.0449. The van der Waals surface area contributed by atoms with Crippen molar-refractivity contribution in [2.75, 3.05) is 19.6 Å². The van der Waals surface area contributed by atoms with Crippen LogP contribution in [0.1, 0.15) is 30.9 Å². The van der Waals surface area contributed by atoms with Crippen LogP contribution >= 0.6 is 0 Å². The standard InChI is InChI=1S/C23H30N2O/c1-19(23(26)24-15-12-20-8-4-2-5-9-20)25-16-13-22(14-17-25)18-21-10-6-3-7-11-21/h2-11,19,22H,12-18H2,1H3,(H,24,26)/p+1/t19-/m1/s1. The molecule has 1 saturated heterocycles. The third-order valence-corrected chi connectivity index (χ3v) is 5.68. The third-order valence-electron chi connectivity index (χ3n) is 5.68. The first-order valence-corrected chi connectivity index (χ1v) is 9.92. The van der Waals surface area contributed by atoms with E-state index in [-0.39, 0.29) is 11.9 Å². The van der Waals surface area contributed by atoms with E-state index >= 15 is 0 Å². The van der Waals surface area contributed by atoms with Gasteiger partial charge in [0.05, 0.1) is 13.1 Å². The summed E-state index contributed by atoms with van der Waals surface area (Å²) in [6, 6.07) is 21.1. The lowest BCUT2D eigenvalue weighted by atomic mass is 9.89. The number of rotatable bonds is 7. The third kappa shape index (κ3) is 5.43. The fourth-order valence-corrected chi connectivity index (χ4v) is 3.95. The van der Waals surface area contributed by atoms with E-state index < -0.39 is 0 Å². The Morgan fingerprint density at radius 1 is 1.00 bits per heavy atom. The fraction of sp³-hybridized carbons (Fsp3) is 0.435. The van der Waals surface area contributed by atoms with Crippen LogP contribution in [0.15, 0.2) is 60.7 Å². The molecule has 0 radical (unpaired) electrons. The fourth-order valence-electron chi connectivity index (χ4n) is 3.95. The first kappa shape index (κ1) is 18.7. The molecule has 0 saturated carbocycles. The smallest absolute Gasteiger partial charge is 0.278 e. The molecule has 26 heavy (non-hydrogen) atoms. The van der Waals surface area contributed by atoms with Crippen molar-refractivity contribution in [2.24, 2.45) is 5.92 Å². The van der Waals surface area contributed by atoms with E-state index in [1.54, 1.807) is 0 Å². The first-order valence-electron chi connectivity index (χ1n) is 9.92. The molecular formula is C23H31N2O+. The Balaban J connectivity index is 1.38. The van der Waals surface area contributed by atoms with Crippen molar-refractivity contribution in [3.8, 4) is 0 Å². The second-order valence-electron chi connectivity index (χ2n) is 7.54. The highest BCUT2D eigenvalue weighted by Gasteiger charge is 2.29. The Morgan fingerprint density at radius 2 is 1.58 bits per heavy atom. The zero-order valence-corrected chi connectivity index (χ0v) is 15.8. The number of hydrogen-bond donors (Lipinski definition) is 2. The van der Waals surface area contributed by atoms with Crippen molar-refractivity contribution in [1.29, 1.82) is 0 Å². The molecule has 0 unspecified atom stereocenters. The molecule has 2 aromatic rings. The monoisotopic (exact) mass is 351 g/mol. The Bertz CT molecular complexity index is 663. The molecule has 1 aliphatic rings. The van der Waals surface area contributed by atoms with Crippen LogP contribution in [0.4, 0.5) is 0 Å². The Labute approximate surface area is 157 Å². The zero-order chi connectivity index (χ0) is 18.2. The van der Waals surface area contributed by atoms with Crippen molar-refractivity contribution in [2.45, 2.75) is 38.6 Å². The van der Waals surface area contributed by atoms with Gasteiger partial charge in [-0.25, -0.2) is 0 Å². The molecule has 1 atom stereocenters. The molecule has 1 heterocycles. The van der Waals surface area contributed by atoms with Gasteiger partial charge in [0.15, 0.2) is 6.04 Å². The number of quaternary nitrogens is 1. The van der Waals surface area contributed by atoms with Gasteiger partial charge in [0.1, 0.15) is 0 Å². The number of carbonyl (C=O) groups is 1. The maximum absolute atomic E-state index is 12.5. The summed E-state index contributed by atoms with van der Waals surface area (Å²) in [6.45, 7) is 5.00. The molecule has 3 rings (SSSR count). The molecule has 3 heteroatoms. The van der Waals surface area contributed by atoms with E-state index in [0.29, 0.717) is 0 Å². The topological polar surface area (TPSA) is 33.5 Å². The Kier molecular flexibility index (Phi) is 6.84. The van der Waals surface area contributed by atoms with Crippen molar-refractivity contribution in [3.63, 3.8) is 0 Å². The molecule has 0 aliphatic carbocycles. The van der Waals surface area contributed by atoms with Gasteiger partial charge in [0, 0.05) is 6.54 Å². The van der Waals surface area contributed by atoms with Gasteiger partial charge >= 0.3 is 0 Å². The van der Waals surface area contributed by atoms with Crippen LogP contribution in [0.5, 0.6) is 0 Å².